The lowest BCUT2D eigenvalue weighted by Gasteiger charge is -1.85. The van der Waals surface area contributed by atoms with Gasteiger partial charge in [-0.15, -0.1) is 11.2 Å². The van der Waals surface area contributed by atoms with E-state index >= 15 is 0 Å². The van der Waals surface area contributed by atoms with Gasteiger partial charge in [0.2, 0.25) is 0 Å². The molecule has 1 nitrogen and oxygen atoms in total. The van der Waals surface area contributed by atoms with Gasteiger partial charge in [-0.1, -0.05) is 23.4 Å². The summed E-state index contributed by atoms with van der Waals surface area (Å²) >= 11 is 1.51. The molecule has 2 heteroatoms. The lowest BCUT2D eigenvalue weighted by atomic mass is 10.2. The summed E-state index contributed by atoms with van der Waals surface area (Å²) in [5.41, 5.74) is 1.07. The number of rotatable bonds is 1. The second-order valence-corrected chi connectivity index (χ2v) is 2.94. The van der Waals surface area contributed by atoms with E-state index in [0.717, 1.165) is 11.3 Å². The van der Waals surface area contributed by atoms with Crippen LogP contribution >= 0.6 is 11.2 Å². The van der Waals surface area contributed by atoms with E-state index < -0.39 is 0 Å². The molecule has 0 aliphatic carbocycles. The first kappa shape index (κ1) is 8.28. The molecule has 0 radical (unpaired) electrons. The van der Waals surface area contributed by atoms with Crippen LogP contribution in [0, 0.1) is 5.18 Å². The fourth-order valence-electron chi connectivity index (χ4n) is 0.686. The van der Waals surface area contributed by atoms with E-state index in [0.29, 0.717) is 0 Å². The smallest absolute Gasteiger partial charge is 0.0560 e. The third-order valence-corrected chi connectivity index (χ3v) is 1.92. The molecule has 0 aromatic heterocycles. The van der Waals surface area contributed by atoms with Crippen molar-refractivity contribution in [2.75, 3.05) is 12.4 Å². The van der Waals surface area contributed by atoms with Crippen molar-refractivity contribution in [1.29, 1.82) is 0 Å². The Morgan fingerprint density at radius 3 is 2.64 bits per heavy atom. The fraction of sp³-hybridized carbons (Fsp3) is 0.222. The summed E-state index contributed by atoms with van der Waals surface area (Å²) in [4.78, 5) is 0. The molecule has 0 atom stereocenters. The quantitative estimate of drug-likeness (QED) is 0.673. The van der Waals surface area contributed by atoms with E-state index in [4.69, 9.17) is 5.11 Å². The largest absolute Gasteiger partial charge is 0.395 e. The molecule has 1 N–H and O–H groups in total. The van der Waals surface area contributed by atoms with Crippen molar-refractivity contribution in [2.45, 2.75) is 0 Å². The summed E-state index contributed by atoms with van der Waals surface area (Å²) in [7, 11) is 0. The number of hydrogen-bond acceptors (Lipinski definition) is 1. The Balaban J connectivity index is 2.59. The van der Waals surface area contributed by atoms with Gasteiger partial charge in [0.1, 0.15) is 0 Å². The van der Waals surface area contributed by atoms with Crippen LogP contribution in [0.15, 0.2) is 30.3 Å². The molecule has 0 fully saturated rings. The molecule has 0 spiro atoms. The first-order valence-corrected chi connectivity index (χ1v) is 4.46. The van der Waals surface area contributed by atoms with E-state index in [1.807, 2.05) is 30.3 Å². The lowest BCUT2D eigenvalue weighted by Crippen LogP contribution is -1.79. The van der Waals surface area contributed by atoms with Crippen molar-refractivity contribution in [3.63, 3.8) is 0 Å². The summed E-state index contributed by atoms with van der Waals surface area (Å²) in [5.74, 6) is 0.717. The maximum absolute atomic E-state index is 8.48. The summed E-state index contributed by atoms with van der Waals surface area (Å²) < 4.78 is 0. The fourth-order valence-corrected chi connectivity index (χ4v) is 1.18. The molecule has 0 unspecified atom stereocenters. The van der Waals surface area contributed by atoms with Gasteiger partial charge in [-0.05, 0) is 12.1 Å². The molecule has 0 saturated heterocycles. The third-order valence-electron chi connectivity index (χ3n) is 1.16. The van der Waals surface area contributed by atoms with Gasteiger partial charge in [-0.25, -0.2) is 0 Å². The molecule has 0 bridgehead atoms. The number of hydrogen-bond donors (Lipinski definition) is 1. The summed E-state index contributed by atoms with van der Waals surface area (Å²) in [6.07, 6.45) is 0. The van der Waals surface area contributed by atoms with Crippen molar-refractivity contribution in [3.05, 3.63) is 35.9 Å². The predicted octanol–water partition coefficient (Wildman–Crippen LogP) is 1.72. The van der Waals surface area contributed by atoms with Crippen LogP contribution in [0.5, 0.6) is 0 Å². The molecule has 0 heterocycles. The van der Waals surface area contributed by atoms with Crippen LogP contribution in [0.4, 0.5) is 0 Å². The standard InChI is InChI=1S/C9H10OS/c10-6-7-11-8-9-4-2-1-3-5-9/h1-5,10H,6-7H2. The molecule has 0 aliphatic rings. The molecule has 1 aromatic carbocycles. The van der Waals surface area contributed by atoms with Gasteiger partial charge < -0.3 is 5.11 Å². The Labute approximate surface area is 70.3 Å². The highest BCUT2D eigenvalue weighted by Gasteiger charge is 1.79. The van der Waals surface area contributed by atoms with Gasteiger partial charge in [0.25, 0.3) is 0 Å². The van der Waals surface area contributed by atoms with Gasteiger partial charge in [0.15, 0.2) is 0 Å². The molecule has 0 amide bonds. The molecule has 1 rings (SSSR count). The minimum absolute atomic E-state index is 0.213. The van der Waals surface area contributed by atoms with Crippen LogP contribution in [-0.4, -0.2) is 17.5 Å². The first-order valence-electron chi connectivity index (χ1n) is 3.47. The summed E-state index contributed by atoms with van der Waals surface area (Å²) in [5, 5.41) is 11.6. The monoisotopic (exact) mass is 166 g/mol. The predicted molar refractivity (Wildman–Crippen MR) is 49.0 cm³/mol. The minimum Gasteiger partial charge on any atom is -0.395 e. The Morgan fingerprint density at radius 2 is 2.00 bits per heavy atom. The second kappa shape index (κ2) is 4.91. The topological polar surface area (TPSA) is 20.2 Å². The molecule has 0 saturated carbocycles. The zero-order valence-electron chi connectivity index (χ0n) is 6.16. The van der Waals surface area contributed by atoms with Gasteiger partial charge in [0, 0.05) is 11.3 Å². The highest BCUT2D eigenvalue weighted by Crippen LogP contribution is 1.96. The number of aliphatic hydroxyl groups is 1. The zero-order valence-corrected chi connectivity index (χ0v) is 6.97. The molecular weight excluding hydrogens is 156 g/mol. The Morgan fingerprint density at radius 1 is 1.27 bits per heavy atom. The average molecular weight is 166 g/mol. The molecule has 11 heavy (non-hydrogen) atoms. The van der Waals surface area contributed by atoms with Gasteiger partial charge in [-0.3, -0.25) is 0 Å². The van der Waals surface area contributed by atoms with Crippen molar-refractivity contribution in [1.82, 2.24) is 0 Å². The Bertz CT molecular complexity index is 258. The van der Waals surface area contributed by atoms with Crippen LogP contribution < -0.4 is 0 Å². The van der Waals surface area contributed by atoms with E-state index in [1.54, 1.807) is 0 Å². The van der Waals surface area contributed by atoms with Crippen LogP contribution in [0.25, 0.3) is 0 Å². The van der Waals surface area contributed by atoms with Gasteiger partial charge in [-0.2, -0.15) is 0 Å². The Hall–Kier alpha value is -0.820. The maximum Gasteiger partial charge on any atom is 0.0560 e. The molecule has 0 aliphatic heterocycles. The second-order valence-electron chi connectivity index (χ2n) is 2.04. The normalized spacial score (nSPS) is 8.82. The van der Waals surface area contributed by atoms with Gasteiger partial charge >= 0.3 is 0 Å². The van der Waals surface area contributed by atoms with Crippen LogP contribution in [0.1, 0.15) is 5.56 Å². The van der Waals surface area contributed by atoms with Crippen LogP contribution in [0.3, 0.4) is 0 Å². The summed E-state index contributed by atoms with van der Waals surface area (Å²) in [6, 6.07) is 9.90. The summed E-state index contributed by atoms with van der Waals surface area (Å²) in [6.45, 7) is 0.213. The third kappa shape index (κ3) is 3.19. The van der Waals surface area contributed by atoms with E-state index in [1.165, 1.54) is 11.2 Å². The highest BCUT2D eigenvalue weighted by molar-refractivity contribution is 7.88. The first-order chi connectivity index (χ1) is 5.43. The molecular formula is C9H10OS. The lowest BCUT2D eigenvalue weighted by molar-refractivity contribution is 0.323. The van der Waals surface area contributed by atoms with Crippen LogP contribution in [0.2, 0.25) is 0 Å². The Kier molecular flexibility index (Phi) is 3.70. The number of aliphatic hydroxyl groups excluding tert-OH is 1. The zero-order chi connectivity index (χ0) is 7.94. The SMILES string of the molecule is OCCS#Cc1ccccc1. The maximum atomic E-state index is 8.48. The van der Waals surface area contributed by atoms with Crippen LogP contribution in [-0.2, 0) is 0 Å². The highest BCUT2D eigenvalue weighted by atomic mass is 32.1. The van der Waals surface area contributed by atoms with Crippen molar-refractivity contribution < 1.29 is 5.11 Å². The van der Waals surface area contributed by atoms with Crippen molar-refractivity contribution in [2.24, 2.45) is 0 Å². The minimum atomic E-state index is 0.213. The van der Waals surface area contributed by atoms with Crippen molar-refractivity contribution in [3.8, 4) is 5.18 Å². The number of benzene rings is 1. The van der Waals surface area contributed by atoms with E-state index in [-0.39, 0.29) is 6.61 Å². The van der Waals surface area contributed by atoms with E-state index in [9.17, 15) is 0 Å². The average Bonchev–Trinajstić information content (AvgIpc) is 2.07. The molecule has 1 aromatic rings. The van der Waals surface area contributed by atoms with E-state index in [2.05, 4.69) is 5.18 Å². The van der Waals surface area contributed by atoms with Crippen molar-refractivity contribution >= 4 is 11.2 Å². The molecule has 58 valence electrons. The van der Waals surface area contributed by atoms with Gasteiger partial charge in [0.05, 0.1) is 6.61 Å².